The van der Waals surface area contributed by atoms with Crippen LogP contribution < -0.4 is 5.32 Å². The summed E-state index contributed by atoms with van der Waals surface area (Å²) in [5, 5.41) is 2.94. The van der Waals surface area contributed by atoms with Gasteiger partial charge in [0.15, 0.2) is 0 Å². The third-order valence-corrected chi connectivity index (χ3v) is 4.75. The van der Waals surface area contributed by atoms with Crippen LogP contribution in [0.3, 0.4) is 0 Å². The van der Waals surface area contributed by atoms with Crippen LogP contribution >= 0.6 is 0 Å². The molecule has 0 aromatic rings. The van der Waals surface area contributed by atoms with E-state index in [4.69, 9.17) is 0 Å². The molecule has 2 aliphatic rings. The summed E-state index contributed by atoms with van der Waals surface area (Å²) in [6, 6.07) is -0.0450. The molecule has 2 atom stereocenters. The van der Waals surface area contributed by atoms with E-state index >= 15 is 0 Å². The Bertz CT molecular complexity index is 388. The van der Waals surface area contributed by atoms with Crippen LogP contribution in [0.4, 0.5) is 0 Å². The van der Waals surface area contributed by atoms with Crippen molar-refractivity contribution in [3.63, 3.8) is 0 Å². The Hall–Kier alpha value is -1.06. The van der Waals surface area contributed by atoms with E-state index in [1.54, 1.807) is 0 Å². The van der Waals surface area contributed by atoms with Crippen molar-refractivity contribution in [3.8, 4) is 0 Å². The second-order valence-corrected chi connectivity index (χ2v) is 6.81. The number of carbonyl (C=O) groups excluding carboxylic acids is 2. The number of amides is 2. The van der Waals surface area contributed by atoms with Gasteiger partial charge in [0.25, 0.3) is 0 Å². The summed E-state index contributed by atoms with van der Waals surface area (Å²) in [4.78, 5) is 27.1. The van der Waals surface area contributed by atoms with Crippen LogP contribution in [0.15, 0.2) is 0 Å². The van der Waals surface area contributed by atoms with E-state index in [1.807, 2.05) is 32.6 Å². The average molecular weight is 266 g/mol. The van der Waals surface area contributed by atoms with E-state index in [-0.39, 0.29) is 29.8 Å². The Morgan fingerprint density at radius 1 is 1.37 bits per heavy atom. The lowest BCUT2D eigenvalue weighted by molar-refractivity contribution is -0.162. The zero-order valence-electron chi connectivity index (χ0n) is 12.7. The highest BCUT2D eigenvalue weighted by Crippen LogP contribution is 2.37. The van der Waals surface area contributed by atoms with E-state index in [2.05, 4.69) is 12.2 Å². The Balaban J connectivity index is 2.30. The van der Waals surface area contributed by atoms with Gasteiger partial charge in [0.2, 0.25) is 11.8 Å². The fourth-order valence-electron chi connectivity index (χ4n) is 3.28. The second kappa shape index (κ2) is 4.80. The molecule has 4 heteroatoms. The van der Waals surface area contributed by atoms with Crippen LogP contribution in [-0.4, -0.2) is 34.3 Å². The first-order chi connectivity index (χ1) is 8.80. The third-order valence-electron chi connectivity index (χ3n) is 4.75. The van der Waals surface area contributed by atoms with Gasteiger partial charge in [0.05, 0.1) is 0 Å². The molecule has 0 aromatic carbocycles. The van der Waals surface area contributed by atoms with Crippen LogP contribution in [0.25, 0.3) is 0 Å². The molecule has 0 radical (unpaired) electrons. The summed E-state index contributed by atoms with van der Waals surface area (Å²) in [7, 11) is 0. The van der Waals surface area contributed by atoms with E-state index in [0.29, 0.717) is 12.3 Å². The van der Waals surface area contributed by atoms with E-state index in [9.17, 15) is 9.59 Å². The molecule has 0 spiro atoms. The van der Waals surface area contributed by atoms with Crippen LogP contribution in [0.2, 0.25) is 0 Å². The lowest BCUT2D eigenvalue weighted by atomic mass is 9.77. The lowest BCUT2D eigenvalue weighted by Gasteiger charge is -2.52. The Morgan fingerprint density at radius 2 is 1.95 bits per heavy atom. The molecule has 1 aliphatic heterocycles. The van der Waals surface area contributed by atoms with Crippen molar-refractivity contribution in [2.24, 2.45) is 11.8 Å². The first kappa shape index (κ1) is 14.4. The number of hydrogen-bond donors (Lipinski definition) is 1. The molecule has 2 fully saturated rings. The maximum atomic E-state index is 12.8. The normalized spacial score (nSPS) is 39.3. The summed E-state index contributed by atoms with van der Waals surface area (Å²) in [6.45, 7) is 10.0. The molecule has 2 rings (SSSR count). The number of nitrogens with zero attached hydrogens (tertiary/aromatic N) is 1. The Labute approximate surface area is 115 Å². The molecule has 4 nitrogen and oxygen atoms in total. The van der Waals surface area contributed by atoms with Crippen LogP contribution in [0.1, 0.15) is 53.9 Å². The third kappa shape index (κ3) is 2.26. The molecule has 0 aromatic heterocycles. The molecule has 1 saturated carbocycles. The lowest BCUT2D eigenvalue weighted by Crippen LogP contribution is -2.73. The standard InChI is InChI=1S/C15H26N2O2/c1-6-15(5)14(19)17(11-7-10(4)8-11)12(9(2)3)13(18)16-15/h9-12H,6-8H2,1-5H3,(H,16,18). The zero-order chi connectivity index (χ0) is 14.4. The molecule has 1 heterocycles. The molecule has 108 valence electrons. The summed E-state index contributed by atoms with van der Waals surface area (Å²) in [6.07, 6.45) is 2.70. The van der Waals surface area contributed by atoms with Gasteiger partial charge in [-0.2, -0.15) is 0 Å². The van der Waals surface area contributed by atoms with Gasteiger partial charge < -0.3 is 10.2 Å². The summed E-state index contributed by atoms with van der Waals surface area (Å²) in [5.74, 6) is 0.938. The summed E-state index contributed by atoms with van der Waals surface area (Å²) >= 11 is 0. The Morgan fingerprint density at radius 3 is 2.37 bits per heavy atom. The molecule has 19 heavy (non-hydrogen) atoms. The first-order valence-corrected chi connectivity index (χ1v) is 7.45. The fourth-order valence-corrected chi connectivity index (χ4v) is 3.28. The minimum atomic E-state index is -0.721. The van der Waals surface area contributed by atoms with Gasteiger partial charge in [-0.25, -0.2) is 0 Å². The summed E-state index contributed by atoms with van der Waals surface area (Å²) < 4.78 is 0. The maximum absolute atomic E-state index is 12.8. The molecule has 1 N–H and O–H groups in total. The van der Waals surface area contributed by atoms with Crippen LogP contribution in [0.5, 0.6) is 0 Å². The highest BCUT2D eigenvalue weighted by Gasteiger charge is 2.51. The van der Waals surface area contributed by atoms with Crippen LogP contribution in [-0.2, 0) is 9.59 Å². The van der Waals surface area contributed by atoms with Crippen molar-refractivity contribution in [2.45, 2.75) is 71.5 Å². The fraction of sp³-hybridized carbons (Fsp3) is 0.867. The van der Waals surface area contributed by atoms with Gasteiger partial charge in [-0.05, 0) is 38.0 Å². The summed E-state index contributed by atoms with van der Waals surface area (Å²) in [5.41, 5.74) is -0.721. The van der Waals surface area contributed by atoms with Crippen molar-refractivity contribution in [1.82, 2.24) is 10.2 Å². The highest BCUT2D eigenvalue weighted by atomic mass is 16.2. The molecule has 2 amide bonds. The van der Waals surface area contributed by atoms with Crippen LogP contribution in [0, 0.1) is 11.8 Å². The van der Waals surface area contributed by atoms with Crippen molar-refractivity contribution < 1.29 is 9.59 Å². The predicted molar refractivity (Wildman–Crippen MR) is 74.5 cm³/mol. The first-order valence-electron chi connectivity index (χ1n) is 7.45. The Kier molecular flexibility index (Phi) is 3.63. The largest absolute Gasteiger partial charge is 0.340 e. The van der Waals surface area contributed by atoms with Crippen molar-refractivity contribution in [2.75, 3.05) is 0 Å². The number of nitrogens with one attached hydrogen (secondary N) is 1. The molecule has 1 aliphatic carbocycles. The van der Waals surface area contributed by atoms with E-state index < -0.39 is 5.54 Å². The molecule has 2 unspecified atom stereocenters. The number of carbonyl (C=O) groups is 2. The highest BCUT2D eigenvalue weighted by molar-refractivity contribution is 5.99. The minimum absolute atomic E-state index is 0.0125. The number of piperazine rings is 1. The predicted octanol–water partition coefficient (Wildman–Crippen LogP) is 1.94. The van der Waals surface area contributed by atoms with Crippen molar-refractivity contribution in [3.05, 3.63) is 0 Å². The van der Waals surface area contributed by atoms with Gasteiger partial charge in [0.1, 0.15) is 11.6 Å². The average Bonchev–Trinajstić information content (AvgIpc) is 2.29. The SMILES string of the molecule is CCC1(C)NC(=O)C(C(C)C)N(C2CC(C)C2)C1=O. The number of rotatable bonds is 3. The minimum Gasteiger partial charge on any atom is -0.340 e. The molecule has 1 saturated heterocycles. The van der Waals surface area contributed by atoms with E-state index in [1.165, 1.54) is 0 Å². The quantitative estimate of drug-likeness (QED) is 0.848. The maximum Gasteiger partial charge on any atom is 0.248 e. The van der Waals surface area contributed by atoms with Gasteiger partial charge in [0, 0.05) is 6.04 Å². The zero-order valence-corrected chi connectivity index (χ0v) is 12.7. The van der Waals surface area contributed by atoms with Gasteiger partial charge >= 0.3 is 0 Å². The van der Waals surface area contributed by atoms with E-state index in [0.717, 1.165) is 12.8 Å². The van der Waals surface area contributed by atoms with Gasteiger partial charge in [-0.15, -0.1) is 0 Å². The van der Waals surface area contributed by atoms with Crippen molar-refractivity contribution >= 4 is 11.8 Å². The van der Waals surface area contributed by atoms with Gasteiger partial charge in [-0.1, -0.05) is 27.7 Å². The topological polar surface area (TPSA) is 49.4 Å². The smallest absolute Gasteiger partial charge is 0.248 e. The monoisotopic (exact) mass is 266 g/mol. The molecular formula is C15H26N2O2. The number of hydrogen-bond acceptors (Lipinski definition) is 2. The van der Waals surface area contributed by atoms with Gasteiger partial charge in [-0.3, -0.25) is 9.59 Å². The molecule has 0 bridgehead atoms. The molecular weight excluding hydrogens is 240 g/mol. The second-order valence-electron chi connectivity index (χ2n) is 6.81. The van der Waals surface area contributed by atoms with Crippen molar-refractivity contribution in [1.29, 1.82) is 0 Å².